The van der Waals surface area contributed by atoms with Gasteiger partial charge in [0.15, 0.2) is 0 Å². The van der Waals surface area contributed by atoms with Gasteiger partial charge >= 0.3 is 0 Å². The molecule has 0 unspecified atom stereocenters. The molecule has 4 rings (SSSR count). The Morgan fingerprint density at radius 3 is 2.31 bits per heavy atom. The maximum Gasteiger partial charge on any atom is 0.261 e. The first-order valence-corrected chi connectivity index (χ1v) is 10.3. The van der Waals surface area contributed by atoms with Gasteiger partial charge in [-0.3, -0.25) is 19.3 Å². The predicted molar refractivity (Wildman–Crippen MR) is 111 cm³/mol. The van der Waals surface area contributed by atoms with Gasteiger partial charge in [-0.2, -0.15) is 0 Å². The van der Waals surface area contributed by atoms with Crippen LogP contribution in [0.4, 0.5) is 0 Å². The van der Waals surface area contributed by atoms with Crippen molar-refractivity contribution in [3.63, 3.8) is 0 Å². The van der Waals surface area contributed by atoms with E-state index < -0.39 is 0 Å². The molecule has 29 heavy (non-hydrogen) atoms. The minimum atomic E-state index is -0.333. The van der Waals surface area contributed by atoms with Crippen LogP contribution in [0, 0.1) is 0 Å². The van der Waals surface area contributed by atoms with E-state index in [1.54, 1.807) is 18.2 Å². The van der Waals surface area contributed by atoms with Crippen LogP contribution in [-0.2, 0) is 6.54 Å². The number of benzene rings is 2. The van der Waals surface area contributed by atoms with Crippen molar-refractivity contribution in [1.82, 2.24) is 9.80 Å². The van der Waals surface area contributed by atoms with Crippen LogP contribution in [0.1, 0.15) is 76.2 Å². The number of carbonyl (C=O) groups excluding carboxylic acids is 3. The topological polar surface area (TPSA) is 57.7 Å². The zero-order valence-corrected chi connectivity index (χ0v) is 16.9. The van der Waals surface area contributed by atoms with Gasteiger partial charge in [-0.25, -0.2) is 0 Å². The van der Waals surface area contributed by atoms with Gasteiger partial charge < -0.3 is 4.90 Å². The van der Waals surface area contributed by atoms with Gasteiger partial charge in [0.25, 0.3) is 17.7 Å². The van der Waals surface area contributed by atoms with Crippen molar-refractivity contribution >= 4 is 17.7 Å². The van der Waals surface area contributed by atoms with Gasteiger partial charge in [0.05, 0.1) is 17.7 Å². The van der Waals surface area contributed by atoms with Crippen molar-refractivity contribution in [1.29, 1.82) is 0 Å². The number of amides is 3. The summed E-state index contributed by atoms with van der Waals surface area (Å²) in [5.41, 5.74) is 2.07. The maximum absolute atomic E-state index is 13.3. The summed E-state index contributed by atoms with van der Waals surface area (Å²) in [6.45, 7) is 4.29. The van der Waals surface area contributed by atoms with Crippen LogP contribution >= 0.6 is 0 Å². The van der Waals surface area contributed by atoms with Crippen LogP contribution in [0.15, 0.2) is 48.5 Å². The summed E-state index contributed by atoms with van der Waals surface area (Å²) in [5.74, 6) is -0.693. The summed E-state index contributed by atoms with van der Waals surface area (Å²) in [4.78, 5) is 42.1. The highest BCUT2D eigenvalue weighted by molar-refractivity contribution is 6.22. The largest absolute Gasteiger partial charge is 0.333 e. The third-order valence-electron chi connectivity index (χ3n) is 5.91. The molecule has 0 bridgehead atoms. The molecule has 0 aromatic heterocycles. The summed E-state index contributed by atoms with van der Waals surface area (Å²) in [6, 6.07) is 14.7. The van der Waals surface area contributed by atoms with E-state index in [2.05, 4.69) is 0 Å². The highest BCUT2D eigenvalue weighted by atomic mass is 16.2. The van der Waals surface area contributed by atoms with Crippen LogP contribution in [0.2, 0.25) is 0 Å². The van der Waals surface area contributed by atoms with Crippen LogP contribution in [0.5, 0.6) is 0 Å². The van der Waals surface area contributed by atoms with Crippen molar-refractivity contribution < 1.29 is 14.4 Å². The van der Waals surface area contributed by atoms with Crippen LogP contribution in [0.3, 0.4) is 0 Å². The Morgan fingerprint density at radius 2 is 1.66 bits per heavy atom. The lowest BCUT2D eigenvalue weighted by Gasteiger charge is -2.33. The average Bonchev–Trinajstić information content (AvgIpc) is 3.32. The molecule has 150 valence electrons. The van der Waals surface area contributed by atoms with Crippen molar-refractivity contribution in [2.45, 2.75) is 58.2 Å². The molecule has 0 atom stereocenters. The van der Waals surface area contributed by atoms with Gasteiger partial charge in [0, 0.05) is 17.6 Å². The Bertz CT molecular complexity index is 946. The molecule has 3 amide bonds. The fraction of sp³-hybridized carbons (Fsp3) is 0.375. The van der Waals surface area contributed by atoms with Crippen LogP contribution in [0.25, 0.3) is 0 Å². The Morgan fingerprint density at radius 1 is 1.00 bits per heavy atom. The molecule has 0 saturated heterocycles. The molecule has 0 radical (unpaired) electrons. The van der Waals surface area contributed by atoms with E-state index in [-0.39, 0.29) is 36.3 Å². The van der Waals surface area contributed by atoms with E-state index in [9.17, 15) is 14.4 Å². The Labute approximate surface area is 171 Å². The normalized spacial score (nSPS) is 16.6. The fourth-order valence-corrected chi connectivity index (χ4v) is 4.49. The fourth-order valence-electron chi connectivity index (χ4n) is 4.49. The molecule has 5 nitrogen and oxygen atoms in total. The highest BCUT2D eigenvalue weighted by Crippen LogP contribution is 2.29. The maximum atomic E-state index is 13.3. The summed E-state index contributed by atoms with van der Waals surface area (Å²) in [6.07, 6.45) is 4.34. The smallest absolute Gasteiger partial charge is 0.261 e. The van der Waals surface area contributed by atoms with E-state index in [0.29, 0.717) is 16.7 Å². The van der Waals surface area contributed by atoms with Crippen molar-refractivity contribution in [2.24, 2.45) is 0 Å². The summed E-state index contributed by atoms with van der Waals surface area (Å²) >= 11 is 0. The molecule has 1 aliphatic heterocycles. The number of rotatable bonds is 5. The third kappa shape index (κ3) is 3.57. The quantitative estimate of drug-likeness (QED) is 0.716. The summed E-state index contributed by atoms with van der Waals surface area (Å²) in [7, 11) is 0. The van der Waals surface area contributed by atoms with Gasteiger partial charge in [0.1, 0.15) is 0 Å². The van der Waals surface area contributed by atoms with Crippen molar-refractivity contribution in [2.75, 3.05) is 0 Å². The molecule has 0 spiro atoms. The second kappa shape index (κ2) is 7.82. The number of imide groups is 1. The molecule has 2 aromatic carbocycles. The lowest BCUT2D eigenvalue weighted by Crippen LogP contribution is -2.43. The van der Waals surface area contributed by atoms with E-state index in [4.69, 9.17) is 0 Å². The molecule has 1 heterocycles. The molecular weight excluding hydrogens is 364 g/mol. The van der Waals surface area contributed by atoms with Crippen molar-refractivity contribution in [3.05, 3.63) is 70.8 Å². The number of hydrogen-bond donors (Lipinski definition) is 0. The molecule has 1 aliphatic carbocycles. The second-order valence-corrected chi connectivity index (χ2v) is 8.19. The molecule has 5 heteroatoms. The lowest BCUT2D eigenvalue weighted by atomic mass is 10.0. The van der Waals surface area contributed by atoms with E-state index >= 15 is 0 Å². The zero-order chi connectivity index (χ0) is 20.5. The molecule has 1 saturated carbocycles. The zero-order valence-electron chi connectivity index (χ0n) is 16.9. The van der Waals surface area contributed by atoms with Gasteiger partial charge in [-0.1, -0.05) is 43.2 Å². The minimum Gasteiger partial charge on any atom is -0.333 e. The summed E-state index contributed by atoms with van der Waals surface area (Å²) < 4.78 is 0. The Kier molecular flexibility index (Phi) is 5.22. The number of hydrogen-bond acceptors (Lipinski definition) is 3. The van der Waals surface area contributed by atoms with E-state index in [1.807, 2.05) is 49.1 Å². The molecule has 2 aliphatic rings. The van der Waals surface area contributed by atoms with Crippen LogP contribution in [-0.4, -0.2) is 39.6 Å². The number of carbonyl (C=O) groups is 3. The highest BCUT2D eigenvalue weighted by Gasteiger charge is 2.37. The van der Waals surface area contributed by atoms with Gasteiger partial charge in [-0.05, 0) is 50.5 Å². The average molecular weight is 390 g/mol. The van der Waals surface area contributed by atoms with E-state index in [0.717, 1.165) is 31.2 Å². The SMILES string of the molecule is CC(C)N(C(=O)c1ccc2c(c1)C(=O)N(Cc1ccccc1)C2=O)C1CCCC1. The molecule has 1 fully saturated rings. The number of nitrogens with zero attached hydrogens (tertiary/aromatic N) is 2. The lowest BCUT2D eigenvalue weighted by molar-refractivity contribution is 0.0611. The van der Waals surface area contributed by atoms with Gasteiger partial charge in [-0.15, -0.1) is 0 Å². The van der Waals surface area contributed by atoms with Crippen molar-refractivity contribution in [3.8, 4) is 0 Å². The first-order chi connectivity index (χ1) is 14.0. The Balaban J connectivity index is 1.60. The third-order valence-corrected chi connectivity index (χ3v) is 5.91. The van der Waals surface area contributed by atoms with Crippen LogP contribution < -0.4 is 0 Å². The second-order valence-electron chi connectivity index (χ2n) is 8.19. The molecular formula is C24H26N2O3. The van der Waals surface area contributed by atoms with Gasteiger partial charge in [0.2, 0.25) is 0 Å². The Hall–Kier alpha value is -2.95. The summed E-state index contributed by atoms with van der Waals surface area (Å²) in [5, 5.41) is 0. The standard InChI is InChI=1S/C24H26N2O3/c1-16(2)26(19-10-6-7-11-19)22(27)18-12-13-20-21(14-18)24(29)25(23(20)28)15-17-8-4-3-5-9-17/h3-5,8-9,12-14,16,19H,6-7,10-11,15H2,1-2H3. The molecule has 2 aromatic rings. The monoisotopic (exact) mass is 390 g/mol. The number of fused-ring (bicyclic) bond motifs is 1. The predicted octanol–water partition coefficient (Wildman–Crippen LogP) is 4.28. The first-order valence-electron chi connectivity index (χ1n) is 10.3. The minimum absolute atomic E-state index is 0.0588. The molecule has 0 N–H and O–H groups in total. The van der Waals surface area contributed by atoms with E-state index in [1.165, 1.54) is 4.90 Å². The first kappa shape index (κ1) is 19.4.